The van der Waals surface area contributed by atoms with Gasteiger partial charge in [0.15, 0.2) is 0 Å². The van der Waals surface area contributed by atoms with Crippen LogP contribution in [0.3, 0.4) is 0 Å². The molecule has 0 fully saturated rings. The van der Waals surface area contributed by atoms with Gasteiger partial charge >= 0.3 is 0 Å². The summed E-state index contributed by atoms with van der Waals surface area (Å²) in [5.74, 6) is 2.78. The summed E-state index contributed by atoms with van der Waals surface area (Å²) in [4.78, 5) is 0. The molecule has 1 aromatic carbocycles. The molecule has 3 N–H and O–H groups in total. The van der Waals surface area contributed by atoms with Gasteiger partial charge in [-0.2, -0.15) is 0 Å². The zero-order valence-corrected chi connectivity index (χ0v) is 11.7. The summed E-state index contributed by atoms with van der Waals surface area (Å²) in [6.45, 7) is 2.66. The van der Waals surface area contributed by atoms with Gasteiger partial charge in [0.25, 0.3) is 0 Å². The number of hydrogen-bond donors (Lipinski definition) is 2. The molecule has 2 nitrogen and oxygen atoms in total. The lowest BCUT2D eigenvalue weighted by Crippen LogP contribution is -2.36. The molecule has 0 aliphatic heterocycles. The van der Waals surface area contributed by atoms with Crippen LogP contribution in [-0.2, 0) is 0 Å². The van der Waals surface area contributed by atoms with Crippen molar-refractivity contribution in [1.29, 1.82) is 0 Å². The Morgan fingerprint density at radius 2 is 2.18 bits per heavy atom. The summed E-state index contributed by atoms with van der Waals surface area (Å²) in [6.07, 6.45) is 7.55. The number of rotatable bonds is 6. The van der Waals surface area contributed by atoms with Crippen LogP contribution in [0.15, 0.2) is 28.7 Å². The number of hydrogen-bond acceptors (Lipinski definition) is 2. The maximum atomic E-state index is 5.82. The van der Waals surface area contributed by atoms with Crippen molar-refractivity contribution >= 4 is 15.9 Å². The van der Waals surface area contributed by atoms with Crippen LogP contribution in [0.4, 0.5) is 0 Å². The Morgan fingerprint density at radius 1 is 1.47 bits per heavy atom. The Labute approximate surface area is 112 Å². The second-order valence-corrected chi connectivity index (χ2v) is 4.84. The molecule has 3 heteroatoms. The minimum absolute atomic E-state index is 0.0839. The average molecular weight is 295 g/mol. The number of nitrogens with one attached hydrogen (secondary N) is 1. The molecule has 0 saturated carbocycles. The Hall–Kier alpha value is -0.820. The third-order valence-corrected chi connectivity index (χ3v) is 3.42. The lowest BCUT2D eigenvalue weighted by Gasteiger charge is -2.22. The summed E-state index contributed by atoms with van der Waals surface area (Å²) in [5, 5.41) is 3.42. The van der Waals surface area contributed by atoms with Gasteiger partial charge in [-0.1, -0.05) is 53.4 Å². The van der Waals surface area contributed by atoms with E-state index in [1.807, 2.05) is 18.2 Å². The average Bonchev–Trinajstić information content (AvgIpc) is 2.35. The smallest absolute Gasteiger partial charge is 0.0692 e. The van der Waals surface area contributed by atoms with Crippen LogP contribution in [0.25, 0.3) is 0 Å². The third-order valence-electron chi connectivity index (χ3n) is 2.70. The van der Waals surface area contributed by atoms with E-state index in [1.165, 1.54) is 0 Å². The van der Waals surface area contributed by atoms with Crippen molar-refractivity contribution in [1.82, 2.24) is 5.32 Å². The molecule has 0 spiro atoms. The zero-order valence-electron chi connectivity index (χ0n) is 10.1. The lowest BCUT2D eigenvalue weighted by atomic mass is 10.0. The Bertz CT molecular complexity index is 384. The molecule has 0 aliphatic rings. The largest absolute Gasteiger partial charge is 0.329 e. The molecule has 1 rings (SSSR count). The van der Waals surface area contributed by atoms with Crippen LogP contribution in [0.5, 0.6) is 0 Å². The molecule has 0 bridgehead atoms. The zero-order chi connectivity index (χ0) is 12.7. The third kappa shape index (κ3) is 4.16. The molecular formula is C14H19BrN2. The van der Waals surface area contributed by atoms with Crippen LogP contribution in [0.2, 0.25) is 0 Å². The first-order valence-electron chi connectivity index (χ1n) is 5.89. The minimum atomic E-state index is 0.0839. The van der Waals surface area contributed by atoms with E-state index in [0.717, 1.165) is 22.9 Å². The van der Waals surface area contributed by atoms with E-state index < -0.39 is 0 Å². The molecule has 0 aliphatic carbocycles. The fourth-order valence-electron chi connectivity index (χ4n) is 1.79. The predicted molar refractivity (Wildman–Crippen MR) is 76.6 cm³/mol. The Morgan fingerprint density at radius 3 is 2.71 bits per heavy atom. The number of nitrogens with two attached hydrogens (primary N) is 1. The maximum Gasteiger partial charge on any atom is 0.0692 e. The highest BCUT2D eigenvalue weighted by atomic mass is 79.9. The van der Waals surface area contributed by atoms with Gasteiger partial charge in [-0.05, 0) is 18.1 Å². The van der Waals surface area contributed by atoms with E-state index in [9.17, 15) is 0 Å². The van der Waals surface area contributed by atoms with Gasteiger partial charge in [0.1, 0.15) is 0 Å². The van der Waals surface area contributed by atoms with Gasteiger partial charge in [0.2, 0.25) is 0 Å². The van der Waals surface area contributed by atoms with Gasteiger partial charge in [0.05, 0.1) is 6.04 Å². The van der Waals surface area contributed by atoms with Crippen molar-refractivity contribution in [2.45, 2.75) is 31.8 Å². The van der Waals surface area contributed by atoms with Crippen LogP contribution in [-0.4, -0.2) is 12.6 Å². The molecule has 2 atom stereocenters. The van der Waals surface area contributed by atoms with Crippen LogP contribution >= 0.6 is 15.9 Å². The first kappa shape index (κ1) is 14.2. The number of benzene rings is 1. The second kappa shape index (κ2) is 7.50. The highest BCUT2D eigenvalue weighted by molar-refractivity contribution is 9.10. The van der Waals surface area contributed by atoms with Gasteiger partial charge in [0, 0.05) is 17.1 Å². The van der Waals surface area contributed by atoms with Gasteiger partial charge in [-0.3, -0.25) is 5.32 Å². The van der Waals surface area contributed by atoms with Crippen LogP contribution in [0, 0.1) is 12.3 Å². The summed E-state index contributed by atoms with van der Waals surface area (Å²) >= 11 is 3.54. The molecule has 2 unspecified atom stereocenters. The Kier molecular flexibility index (Phi) is 6.28. The molecular weight excluding hydrogens is 276 g/mol. The quantitative estimate of drug-likeness (QED) is 0.792. The normalized spacial score (nSPS) is 14.0. The van der Waals surface area contributed by atoms with Crippen molar-refractivity contribution in [2.75, 3.05) is 6.54 Å². The first-order chi connectivity index (χ1) is 8.22. The van der Waals surface area contributed by atoms with Gasteiger partial charge in [-0.25, -0.2) is 0 Å². The summed E-state index contributed by atoms with van der Waals surface area (Å²) < 4.78 is 1.07. The topological polar surface area (TPSA) is 38.0 Å². The predicted octanol–water partition coefficient (Wildman–Crippen LogP) is 2.84. The number of halogens is 1. The molecule has 0 radical (unpaired) electrons. The van der Waals surface area contributed by atoms with E-state index in [-0.39, 0.29) is 12.1 Å². The summed E-state index contributed by atoms with van der Waals surface area (Å²) in [5.41, 5.74) is 6.98. The van der Waals surface area contributed by atoms with Crippen molar-refractivity contribution < 1.29 is 0 Å². The van der Waals surface area contributed by atoms with E-state index in [0.29, 0.717) is 6.54 Å². The van der Waals surface area contributed by atoms with Crippen LogP contribution in [0.1, 0.15) is 31.4 Å². The lowest BCUT2D eigenvalue weighted by molar-refractivity contribution is 0.474. The fourth-order valence-corrected chi connectivity index (χ4v) is 2.35. The number of terminal acetylenes is 1. The molecule has 0 heterocycles. The maximum absolute atomic E-state index is 5.82. The summed E-state index contributed by atoms with van der Waals surface area (Å²) in [6, 6.07) is 8.26. The van der Waals surface area contributed by atoms with Crippen molar-refractivity contribution in [2.24, 2.45) is 5.73 Å². The molecule has 1 aromatic rings. The second-order valence-electron chi connectivity index (χ2n) is 3.98. The van der Waals surface area contributed by atoms with Gasteiger partial charge < -0.3 is 5.73 Å². The SMILES string of the molecule is C#CC(CCC)NC(CN)c1ccccc1Br. The van der Waals surface area contributed by atoms with E-state index >= 15 is 0 Å². The Balaban J connectivity index is 2.79. The molecule has 0 amide bonds. The molecule has 92 valence electrons. The van der Waals surface area contributed by atoms with E-state index in [4.69, 9.17) is 12.2 Å². The molecule has 17 heavy (non-hydrogen) atoms. The highest BCUT2D eigenvalue weighted by Crippen LogP contribution is 2.23. The fraction of sp³-hybridized carbons (Fsp3) is 0.429. The van der Waals surface area contributed by atoms with Crippen molar-refractivity contribution in [3.05, 3.63) is 34.3 Å². The van der Waals surface area contributed by atoms with Gasteiger partial charge in [-0.15, -0.1) is 6.42 Å². The standard InChI is InChI=1S/C14H19BrN2/c1-3-7-11(4-2)17-14(10-16)12-8-5-6-9-13(12)15/h2,5-6,8-9,11,14,17H,3,7,10,16H2,1H3. The van der Waals surface area contributed by atoms with Crippen molar-refractivity contribution in [3.63, 3.8) is 0 Å². The van der Waals surface area contributed by atoms with E-state index in [1.54, 1.807) is 0 Å². The van der Waals surface area contributed by atoms with E-state index in [2.05, 4.69) is 40.2 Å². The molecule has 0 saturated heterocycles. The monoisotopic (exact) mass is 294 g/mol. The minimum Gasteiger partial charge on any atom is -0.329 e. The highest BCUT2D eigenvalue weighted by Gasteiger charge is 2.15. The summed E-state index contributed by atoms with van der Waals surface area (Å²) in [7, 11) is 0. The van der Waals surface area contributed by atoms with Crippen LogP contribution < -0.4 is 11.1 Å². The molecule has 0 aromatic heterocycles. The first-order valence-corrected chi connectivity index (χ1v) is 6.68. The van der Waals surface area contributed by atoms with Crippen molar-refractivity contribution in [3.8, 4) is 12.3 Å².